The Hall–Kier alpha value is -1.86. The lowest BCUT2D eigenvalue weighted by molar-refractivity contribution is -0.139. The van der Waals surface area contributed by atoms with Crippen LogP contribution in [0.3, 0.4) is 0 Å². The summed E-state index contributed by atoms with van der Waals surface area (Å²) in [6.07, 6.45) is 1.71. The maximum atomic E-state index is 12.4. The lowest BCUT2D eigenvalue weighted by atomic mass is 10.2. The molecular weight excluding hydrogens is 320 g/mol. The highest BCUT2D eigenvalue weighted by Crippen LogP contribution is 2.28. The molecule has 1 atom stereocenters. The minimum absolute atomic E-state index is 0.241. The molecule has 1 N–H and O–H groups in total. The van der Waals surface area contributed by atoms with Crippen LogP contribution in [0.15, 0.2) is 35.4 Å². The van der Waals surface area contributed by atoms with Crippen molar-refractivity contribution < 1.29 is 14.3 Å². The molecule has 0 spiro atoms. The predicted octanol–water partition coefficient (Wildman–Crippen LogP) is 3.36. The van der Waals surface area contributed by atoms with Crippen molar-refractivity contribution in [2.75, 3.05) is 12.4 Å². The Morgan fingerprint density at radius 1 is 1.36 bits per heavy atom. The van der Waals surface area contributed by atoms with Gasteiger partial charge in [0.25, 0.3) is 5.91 Å². The number of aromatic nitrogens is 1. The van der Waals surface area contributed by atoms with Gasteiger partial charge in [-0.05, 0) is 26.0 Å². The van der Waals surface area contributed by atoms with E-state index in [-0.39, 0.29) is 17.1 Å². The number of rotatable bonds is 5. The van der Waals surface area contributed by atoms with Gasteiger partial charge in [-0.25, -0.2) is 4.98 Å². The van der Waals surface area contributed by atoms with E-state index in [0.29, 0.717) is 10.7 Å². The monoisotopic (exact) mass is 336 g/mol. The van der Waals surface area contributed by atoms with Crippen molar-refractivity contribution in [1.82, 2.24) is 4.98 Å². The molecule has 0 aliphatic carbocycles. The summed E-state index contributed by atoms with van der Waals surface area (Å²) in [4.78, 5) is 29.8. The predicted molar refractivity (Wildman–Crippen MR) is 88.6 cm³/mol. The second kappa shape index (κ2) is 7.42. The lowest BCUT2D eigenvalue weighted by Crippen LogP contribution is -2.17. The fraction of sp³-hybridized carbons (Fsp3) is 0.267. The summed E-state index contributed by atoms with van der Waals surface area (Å²) in [7, 11) is 1.35. The Bertz CT molecular complexity index is 685. The third-order valence-corrected chi connectivity index (χ3v) is 4.79. The van der Waals surface area contributed by atoms with E-state index in [4.69, 9.17) is 4.74 Å². The number of thiazole rings is 1. The maximum Gasteiger partial charge on any atom is 0.318 e. The van der Waals surface area contributed by atoms with Gasteiger partial charge >= 0.3 is 5.97 Å². The van der Waals surface area contributed by atoms with Crippen LogP contribution in [0.4, 0.5) is 5.13 Å². The molecule has 0 saturated heterocycles. The molecule has 1 heterocycles. The number of nitrogens with zero attached hydrogens (tertiary/aromatic N) is 1. The Morgan fingerprint density at radius 3 is 2.73 bits per heavy atom. The summed E-state index contributed by atoms with van der Waals surface area (Å²) in [5, 5.41) is 2.95. The van der Waals surface area contributed by atoms with Gasteiger partial charge in [0.1, 0.15) is 5.25 Å². The topological polar surface area (TPSA) is 68.3 Å². The fourth-order valence-electron chi connectivity index (χ4n) is 1.74. The quantitative estimate of drug-likeness (QED) is 0.670. The molecule has 0 aliphatic rings. The van der Waals surface area contributed by atoms with Crippen molar-refractivity contribution in [3.63, 3.8) is 0 Å². The minimum atomic E-state index is -0.388. The molecule has 2 aromatic rings. The average Bonchev–Trinajstić information content (AvgIpc) is 2.91. The van der Waals surface area contributed by atoms with E-state index >= 15 is 0 Å². The van der Waals surface area contributed by atoms with E-state index in [1.807, 2.05) is 19.1 Å². The molecule has 0 bridgehead atoms. The van der Waals surface area contributed by atoms with Crippen molar-refractivity contribution in [2.45, 2.75) is 24.0 Å². The van der Waals surface area contributed by atoms with Crippen LogP contribution in [0.2, 0.25) is 0 Å². The Morgan fingerprint density at radius 2 is 2.09 bits per heavy atom. The van der Waals surface area contributed by atoms with Crippen LogP contribution in [0, 0.1) is 6.92 Å². The van der Waals surface area contributed by atoms with Gasteiger partial charge in [-0.15, -0.1) is 23.1 Å². The molecule has 116 valence electrons. The zero-order chi connectivity index (χ0) is 16.1. The summed E-state index contributed by atoms with van der Waals surface area (Å²) in [5.74, 6) is -0.565. The third kappa shape index (κ3) is 4.08. The Labute approximate surface area is 137 Å². The number of esters is 1. The number of ether oxygens (including phenoxy) is 1. The Balaban J connectivity index is 2.16. The van der Waals surface area contributed by atoms with Crippen molar-refractivity contribution in [3.05, 3.63) is 40.9 Å². The average molecular weight is 336 g/mol. The first-order chi connectivity index (χ1) is 10.5. The van der Waals surface area contributed by atoms with Gasteiger partial charge in [-0.1, -0.05) is 12.1 Å². The van der Waals surface area contributed by atoms with Crippen LogP contribution in [-0.4, -0.2) is 29.2 Å². The number of nitrogens with one attached hydrogen (secondary N) is 1. The van der Waals surface area contributed by atoms with E-state index in [1.165, 1.54) is 30.2 Å². The van der Waals surface area contributed by atoms with Crippen molar-refractivity contribution in [1.29, 1.82) is 0 Å². The number of hydrogen-bond donors (Lipinski definition) is 1. The molecule has 1 amide bonds. The number of anilines is 1. The number of thioether (sulfide) groups is 1. The Kier molecular flexibility index (Phi) is 5.57. The summed E-state index contributed by atoms with van der Waals surface area (Å²) in [5.41, 5.74) is 0.510. The molecule has 0 radical (unpaired) electrons. The molecule has 22 heavy (non-hydrogen) atoms. The van der Waals surface area contributed by atoms with E-state index in [1.54, 1.807) is 25.3 Å². The molecular formula is C15H16N2O3S2. The molecule has 2 rings (SSSR count). The molecule has 0 aliphatic heterocycles. The van der Waals surface area contributed by atoms with Crippen LogP contribution in [0.1, 0.15) is 22.2 Å². The van der Waals surface area contributed by atoms with E-state index in [0.717, 1.165) is 9.77 Å². The molecule has 7 heteroatoms. The van der Waals surface area contributed by atoms with Gasteiger partial charge in [0, 0.05) is 16.0 Å². The maximum absolute atomic E-state index is 12.4. The number of methoxy groups -OCH3 is 1. The third-order valence-electron chi connectivity index (χ3n) is 2.81. The zero-order valence-corrected chi connectivity index (χ0v) is 14.1. The van der Waals surface area contributed by atoms with Crippen molar-refractivity contribution in [2.24, 2.45) is 0 Å². The van der Waals surface area contributed by atoms with Crippen molar-refractivity contribution in [3.8, 4) is 0 Å². The largest absolute Gasteiger partial charge is 0.468 e. The summed E-state index contributed by atoms with van der Waals surface area (Å²) >= 11 is 2.71. The standard InChI is InChI=1S/C15H16N2O3S2/c1-9-8-16-15(21-9)17-13(18)11-6-4-5-7-12(11)22-10(2)14(19)20-3/h4-8,10H,1-3H3,(H,16,17,18)/t10-/m0/s1. The number of benzene rings is 1. The highest BCUT2D eigenvalue weighted by Gasteiger charge is 2.19. The van der Waals surface area contributed by atoms with E-state index < -0.39 is 0 Å². The smallest absolute Gasteiger partial charge is 0.318 e. The van der Waals surface area contributed by atoms with Gasteiger partial charge < -0.3 is 4.74 Å². The lowest BCUT2D eigenvalue weighted by Gasteiger charge is -2.12. The normalized spacial score (nSPS) is 11.8. The zero-order valence-electron chi connectivity index (χ0n) is 12.5. The van der Waals surface area contributed by atoms with Gasteiger partial charge in [-0.3, -0.25) is 14.9 Å². The summed E-state index contributed by atoms with van der Waals surface area (Å²) in [6, 6.07) is 7.15. The van der Waals surface area contributed by atoms with Gasteiger partial charge in [0.15, 0.2) is 5.13 Å². The van der Waals surface area contributed by atoms with Crippen LogP contribution < -0.4 is 5.32 Å². The van der Waals surface area contributed by atoms with Crippen LogP contribution in [0.5, 0.6) is 0 Å². The van der Waals surface area contributed by atoms with Crippen LogP contribution >= 0.6 is 23.1 Å². The van der Waals surface area contributed by atoms with E-state index in [9.17, 15) is 9.59 Å². The van der Waals surface area contributed by atoms with E-state index in [2.05, 4.69) is 10.3 Å². The number of carbonyl (C=O) groups is 2. The minimum Gasteiger partial charge on any atom is -0.468 e. The molecule has 1 aromatic carbocycles. The first-order valence-electron chi connectivity index (χ1n) is 6.58. The first kappa shape index (κ1) is 16.5. The number of carbonyl (C=O) groups excluding carboxylic acids is 2. The molecule has 0 fully saturated rings. The fourth-order valence-corrected chi connectivity index (χ4v) is 3.42. The number of aryl methyl sites for hydroxylation is 1. The second-order valence-corrected chi connectivity index (χ2v) is 7.13. The SMILES string of the molecule is COC(=O)[C@H](C)Sc1ccccc1C(=O)Nc1ncc(C)s1. The highest BCUT2D eigenvalue weighted by atomic mass is 32.2. The summed E-state index contributed by atoms with van der Waals surface area (Å²) < 4.78 is 4.71. The molecule has 5 nitrogen and oxygen atoms in total. The summed E-state index contributed by atoms with van der Waals surface area (Å²) in [6.45, 7) is 3.67. The van der Waals surface area contributed by atoms with Crippen molar-refractivity contribution >= 4 is 40.1 Å². The van der Waals surface area contributed by atoms with Crippen LogP contribution in [0.25, 0.3) is 0 Å². The first-order valence-corrected chi connectivity index (χ1v) is 8.28. The van der Waals surface area contributed by atoms with Gasteiger partial charge in [-0.2, -0.15) is 0 Å². The van der Waals surface area contributed by atoms with Gasteiger partial charge in [0.2, 0.25) is 0 Å². The molecule has 0 unspecified atom stereocenters. The van der Waals surface area contributed by atoms with Crippen LogP contribution in [-0.2, 0) is 9.53 Å². The number of amides is 1. The molecule has 0 saturated carbocycles. The molecule has 1 aromatic heterocycles. The van der Waals surface area contributed by atoms with Gasteiger partial charge in [0.05, 0.1) is 12.7 Å². The second-order valence-electron chi connectivity index (χ2n) is 4.51. The highest BCUT2D eigenvalue weighted by molar-refractivity contribution is 8.00. The number of hydrogen-bond acceptors (Lipinski definition) is 6.